The molecule has 0 saturated heterocycles. The number of rotatable bonds is 16. The third-order valence-electron chi connectivity index (χ3n) is 7.94. The van der Waals surface area contributed by atoms with E-state index >= 15 is 0 Å². The van der Waals surface area contributed by atoms with Crippen molar-refractivity contribution in [2.75, 3.05) is 12.3 Å². The summed E-state index contributed by atoms with van der Waals surface area (Å²) >= 11 is 6.08. The van der Waals surface area contributed by atoms with E-state index in [-0.39, 0.29) is 46.4 Å². The summed E-state index contributed by atoms with van der Waals surface area (Å²) < 4.78 is 23.8. The second-order valence-electron chi connectivity index (χ2n) is 12.5. The van der Waals surface area contributed by atoms with Crippen LogP contribution in [0.4, 0.5) is 0 Å². The zero-order chi connectivity index (χ0) is 32.2. The molecule has 0 bridgehead atoms. The predicted octanol–water partition coefficient (Wildman–Crippen LogP) is 7.75. The fraction of sp³-hybridized carbons (Fsp3) is 0.486. The van der Waals surface area contributed by atoms with Crippen LogP contribution in [0.2, 0.25) is 0 Å². The van der Waals surface area contributed by atoms with E-state index in [2.05, 4.69) is 30.2 Å². The van der Waals surface area contributed by atoms with Crippen LogP contribution in [0.15, 0.2) is 57.4 Å². The highest BCUT2D eigenvalue weighted by atomic mass is 32.2. The summed E-state index contributed by atoms with van der Waals surface area (Å²) in [5.74, 6) is 2.69. The third-order valence-corrected chi connectivity index (χ3v) is 9.45. The molecule has 10 heteroatoms. The fourth-order valence-corrected chi connectivity index (χ4v) is 6.43. The molecule has 4 aromatic rings. The first-order valence-corrected chi connectivity index (χ1v) is 17.3. The van der Waals surface area contributed by atoms with E-state index in [1.807, 2.05) is 77.1 Å². The highest BCUT2D eigenvalue weighted by Crippen LogP contribution is 2.32. The zero-order valence-corrected chi connectivity index (χ0v) is 28.5. The Morgan fingerprint density at radius 1 is 0.889 bits per heavy atom. The average molecular weight is 653 g/mol. The van der Waals surface area contributed by atoms with Gasteiger partial charge in [-0.15, -0.1) is 11.8 Å². The van der Waals surface area contributed by atoms with E-state index in [1.54, 1.807) is 17.8 Å². The van der Waals surface area contributed by atoms with Gasteiger partial charge in [-0.05, 0) is 82.1 Å². The summed E-state index contributed by atoms with van der Waals surface area (Å²) in [6, 6.07) is 15.3. The molecule has 3 unspecified atom stereocenters. The first-order valence-electron chi connectivity index (χ1n) is 15.7. The summed E-state index contributed by atoms with van der Waals surface area (Å²) in [5, 5.41) is 8.92. The lowest BCUT2D eigenvalue weighted by Gasteiger charge is -2.37. The molecular formula is C35H44N2O6S2. The van der Waals surface area contributed by atoms with Crippen molar-refractivity contribution >= 4 is 57.9 Å². The van der Waals surface area contributed by atoms with Crippen molar-refractivity contribution < 1.29 is 27.9 Å². The van der Waals surface area contributed by atoms with E-state index in [0.29, 0.717) is 41.0 Å². The SMILES string of the molecule is CC(S)NC[C@@H](C)Oc1ccc2oc(C(=O)C(C)CSC(C)N[C@H]3C[C@H](Oc4ccc5oc(C(=O)C(C)C)cc5c4)C3)cc2c1. The molecule has 4 atom stereocenters. The Balaban J connectivity index is 1.04. The minimum absolute atomic E-state index is 0.000224. The number of hydrogen-bond acceptors (Lipinski definition) is 10. The van der Waals surface area contributed by atoms with Gasteiger partial charge >= 0.3 is 0 Å². The number of nitrogens with one attached hydrogen (secondary N) is 2. The van der Waals surface area contributed by atoms with Gasteiger partial charge in [-0.3, -0.25) is 9.59 Å². The van der Waals surface area contributed by atoms with Crippen molar-refractivity contribution in [3.63, 3.8) is 0 Å². The van der Waals surface area contributed by atoms with Crippen molar-refractivity contribution in [3.05, 3.63) is 60.1 Å². The van der Waals surface area contributed by atoms with E-state index in [0.717, 1.165) is 35.1 Å². The number of ether oxygens (including phenoxy) is 2. The second-order valence-corrected chi connectivity index (χ2v) is 14.6. The number of furan rings is 2. The molecule has 2 aromatic heterocycles. The van der Waals surface area contributed by atoms with Crippen LogP contribution in [-0.2, 0) is 0 Å². The molecule has 2 aromatic carbocycles. The molecule has 45 heavy (non-hydrogen) atoms. The van der Waals surface area contributed by atoms with Gasteiger partial charge in [0, 0.05) is 46.3 Å². The molecule has 1 aliphatic rings. The first kappa shape index (κ1) is 33.4. The highest BCUT2D eigenvalue weighted by molar-refractivity contribution is 7.99. The minimum atomic E-state index is -0.184. The zero-order valence-electron chi connectivity index (χ0n) is 26.8. The molecule has 0 amide bonds. The Labute approximate surface area is 274 Å². The van der Waals surface area contributed by atoms with E-state index in [1.165, 1.54) is 0 Å². The maximum atomic E-state index is 13.2. The highest BCUT2D eigenvalue weighted by Gasteiger charge is 2.32. The van der Waals surface area contributed by atoms with Crippen molar-refractivity contribution in [2.45, 2.75) is 83.4 Å². The lowest BCUT2D eigenvalue weighted by Crippen LogP contribution is -2.49. The summed E-state index contributed by atoms with van der Waals surface area (Å²) in [6.45, 7) is 12.5. The van der Waals surface area contributed by atoms with Gasteiger partial charge in [0.2, 0.25) is 11.6 Å². The number of carbonyl (C=O) groups excluding carboxylic acids is 2. The Kier molecular flexibility index (Phi) is 10.9. The lowest BCUT2D eigenvalue weighted by molar-refractivity contribution is 0.0847. The summed E-state index contributed by atoms with van der Waals surface area (Å²) in [7, 11) is 0. The average Bonchev–Trinajstić information content (AvgIpc) is 3.60. The van der Waals surface area contributed by atoms with Crippen LogP contribution in [0, 0.1) is 11.8 Å². The van der Waals surface area contributed by atoms with Crippen molar-refractivity contribution in [1.29, 1.82) is 0 Å². The van der Waals surface area contributed by atoms with E-state index in [9.17, 15) is 9.59 Å². The Hall–Kier alpha value is -2.92. The molecule has 1 saturated carbocycles. The van der Waals surface area contributed by atoms with Gasteiger partial charge < -0.3 is 28.9 Å². The van der Waals surface area contributed by atoms with Crippen LogP contribution >= 0.6 is 24.4 Å². The number of carbonyl (C=O) groups is 2. The summed E-state index contributed by atoms with van der Waals surface area (Å²) in [6.07, 6.45) is 1.94. The second kappa shape index (κ2) is 14.7. The number of fused-ring (bicyclic) bond motifs is 2. The van der Waals surface area contributed by atoms with Crippen molar-refractivity contribution in [3.8, 4) is 11.5 Å². The van der Waals surface area contributed by atoms with Gasteiger partial charge in [0.15, 0.2) is 11.5 Å². The molecule has 2 N–H and O–H groups in total. The van der Waals surface area contributed by atoms with Crippen LogP contribution < -0.4 is 20.1 Å². The maximum Gasteiger partial charge on any atom is 0.201 e. The van der Waals surface area contributed by atoms with Crippen molar-refractivity contribution in [2.24, 2.45) is 11.8 Å². The Morgan fingerprint density at radius 2 is 1.49 bits per heavy atom. The number of thioether (sulfide) groups is 1. The lowest BCUT2D eigenvalue weighted by atomic mass is 9.89. The maximum absolute atomic E-state index is 13.2. The fourth-order valence-electron chi connectivity index (χ4n) is 5.31. The molecule has 0 radical (unpaired) electrons. The topological polar surface area (TPSA) is 103 Å². The Bertz CT molecular complexity index is 1620. The van der Waals surface area contributed by atoms with Gasteiger partial charge in [0.25, 0.3) is 0 Å². The molecule has 242 valence electrons. The van der Waals surface area contributed by atoms with Crippen LogP contribution in [0.25, 0.3) is 21.9 Å². The quantitative estimate of drug-likeness (QED) is 0.0637. The molecule has 0 aliphatic heterocycles. The summed E-state index contributed by atoms with van der Waals surface area (Å²) in [4.78, 5) is 25.5. The Morgan fingerprint density at radius 3 is 2.11 bits per heavy atom. The predicted molar refractivity (Wildman–Crippen MR) is 184 cm³/mol. The van der Waals surface area contributed by atoms with Crippen molar-refractivity contribution in [1.82, 2.24) is 10.6 Å². The molecule has 1 aliphatic carbocycles. The molecule has 2 heterocycles. The van der Waals surface area contributed by atoms with Gasteiger partial charge in [-0.25, -0.2) is 0 Å². The van der Waals surface area contributed by atoms with Gasteiger partial charge in [-0.1, -0.05) is 20.8 Å². The molecular weight excluding hydrogens is 609 g/mol. The number of benzene rings is 2. The van der Waals surface area contributed by atoms with Gasteiger partial charge in [0.1, 0.15) is 34.9 Å². The van der Waals surface area contributed by atoms with E-state index in [4.69, 9.17) is 18.3 Å². The van der Waals surface area contributed by atoms with E-state index < -0.39 is 0 Å². The smallest absolute Gasteiger partial charge is 0.201 e. The number of ketones is 2. The van der Waals surface area contributed by atoms with Crippen LogP contribution in [0.3, 0.4) is 0 Å². The largest absolute Gasteiger partial charge is 0.490 e. The monoisotopic (exact) mass is 652 g/mol. The number of hydrogen-bond donors (Lipinski definition) is 3. The molecule has 5 rings (SSSR count). The van der Waals surface area contributed by atoms with Crippen LogP contribution in [-0.4, -0.2) is 52.9 Å². The summed E-state index contributed by atoms with van der Waals surface area (Å²) in [5.41, 5.74) is 1.36. The molecule has 8 nitrogen and oxygen atoms in total. The standard InChI is InChI=1S/C35H44N2O6S2/c1-19(2)34(38)32-13-25-12-28(8-10-30(25)42-32)41-29-15-26(16-29)37-23(6)45-18-20(3)35(39)33-14-24-11-27(7-9-31(24)43-33)40-21(4)17-36-22(5)44/h7-14,19-23,26,29,36-37,44H,15-18H2,1-6H3/t20?,21-,22?,23?,26-,29-/m1/s1. The van der Waals surface area contributed by atoms with Gasteiger partial charge in [0.05, 0.1) is 5.37 Å². The normalized spacial score (nSPS) is 19.3. The first-order chi connectivity index (χ1) is 21.4. The van der Waals surface area contributed by atoms with Gasteiger partial charge in [-0.2, -0.15) is 12.6 Å². The van der Waals surface area contributed by atoms with Crippen LogP contribution in [0.5, 0.6) is 11.5 Å². The third kappa shape index (κ3) is 8.67. The number of Topliss-reactive ketones (excluding diaryl/α,β-unsaturated/α-hetero) is 2. The van der Waals surface area contributed by atoms with Crippen LogP contribution in [0.1, 0.15) is 75.5 Å². The molecule has 1 fully saturated rings. The number of thiol groups is 1. The molecule has 0 spiro atoms. The minimum Gasteiger partial charge on any atom is -0.490 e.